The Bertz CT molecular complexity index is 1050. The van der Waals surface area contributed by atoms with E-state index >= 15 is 0 Å². The molecule has 0 bridgehead atoms. The van der Waals surface area contributed by atoms with Crippen LogP contribution in [0.3, 0.4) is 0 Å². The Labute approximate surface area is 155 Å². The maximum Gasteiger partial charge on any atom is 0.264 e. The molecule has 0 unspecified atom stereocenters. The number of para-hydroxylation sites is 1. The summed E-state index contributed by atoms with van der Waals surface area (Å²) >= 11 is 1.32. The van der Waals surface area contributed by atoms with Crippen LogP contribution in [0.4, 0.5) is 10.8 Å². The zero-order valence-corrected chi connectivity index (χ0v) is 15.3. The van der Waals surface area contributed by atoms with Gasteiger partial charge in [-0.3, -0.25) is 14.4 Å². The van der Waals surface area contributed by atoms with Crippen LogP contribution in [-0.4, -0.2) is 25.9 Å². The molecule has 0 saturated heterocycles. The highest BCUT2D eigenvalue weighted by Crippen LogP contribution is 2.32. The van der Waals surface area contributed by atoms with Gasteiger partial charge in [-0.1, -0.05) is 18.2 Å². The minimum atomic E-state index is -3.65. The minimum Gasteiger partial charge on any atom is -0.298 e. The maximum atomic E-state index is 13.0. The molecule has 1 aliphatic heterocycles. The van der Waals surface area contributed by atoms with Crippen molar-refractivity contribution in [1.82, 2.24) is 4.98 Å². The number of nitrogens with zero attached hydrogens (tertiary/aromatic N) is 2. The number of nitrogens with one attached hydrogen (secondary N) is 1. The molecule has 1 aliphatic rings. The van der Waals surface area contributed by atoms with Gasteiger partial charge in [0, 0.05) is 23.7 Å². The summed E-state index contributed by atoms with van der Waals surface area (Å²) in [6.07, 6.45) is 2.30. The molecule has 26 heavy (non-hydrogen) atoms. The number of benzene rings is 2. The van der Waals surface area contributed by atoms with Crippen molar-refractivity contribution in [2.45, 2.75) is 11.3 Å². The molecule has 6 nitrogen and oxygen atoms in total. The van der Waals surface area contributed by atoms with E-state index in [2.05, 4.69) is 10.3 Å². The van der Waals surface area contributed by atoms with E-state index in [4.69, 9.17) is 0 Å². The lowest BCUT2D eigenvalue weighted by atomic mass is 10.2. The number of anilines is 2. The number of aromatic nitrogens is 1. The SMILES string of the molecule is O=C(Nc1nccs1)c1ccc(S(=O)(=O)N2CCc3ccccc32)cc1. The molecule has 1 amide bonds. The summed E-state index contributed by atoms with van der Waals surface area (Å²) in [6, 6.07) is 13.5. The van der Waals surface area contributed by atoms with Crippen molar-refractivity contribution >= 4 is 38.1 Å². The van der Waals surface area contributed by atoms with Crippen LogP contribution in [0.15, 0.2) is 65.0 Å². The van der Waals surface area contributed by atoms with E-state index < -0.39 is 10.0 Å². The molecule has 0 saturated carbocycles. The molecule has 3 aromatic rings. The fourth-order valence-corrected chi connectivity index (χ4v) is 4.94. The lowest BCUT2D eigenvalue weighted by Gasteiger charge is -2.19. The molecule has 2 heterocycles. The van der Waals surface area contributed by atoms with Gasteiger partial charge in [0.25, 0.3) is 15.9 Å². The third-order valence-electron chi connectivity index (χ3n) is 4.20. The highest BCUT2D eigenvalue weighted by Gasteiger charge is 2.30. The van der Waals surface area contributed by atoms with Crippen molar-refractivity contribution in [2.24, 2.45) is 0 Å². The highest BCUT2D eigenvalue weighted by molar-refractivity contribution is 7.92. The van der Waals surface area contributed by atoms with Crippen LogP contribution in [0.1, 0.15) is 15.9 Å². The minimum absolute atomic E-state index is 0.167. The van der Waals surface area contributed by atoms with E-state index in [0.29, 0.717) is 23.7 Å². The first kappa shape index (κ1) is 16.7. The molecular weight excluding hydrogens is 370 g/mol. The molecule has 0 fully saturated rings. The molecule has 1 aromatic heterocycles. The number of rotatable bonds is 4. The van der Waals surface area contributed by atoms with Crippen molar-refractivity contribution < 1.29 is 13.2 Å². The monoisotopic (exact) mass is 385 g/mol. The standard InChI is InChI=1S/C18H15N3O3S2/c22-17(20-18-19-10-12-25-18)14-5-7-15(8-6-14)26(23,24)21-11-9-13-3-1-2-4-16(13)21/h1-8,10,12H,9,11H2,(H,19,20,22). The molecular formula is C18H15N3O3S2. The van der Waals surface area contributed by atoms with E-state index in [1.807, 2.05) is 24.3 Å². The van der Waals surface area contributed by atoms with Gasteiger partial charge in [0.05, 0.1) is 10.6 Å². The average Bonchev–Trinajstić information content (AvgIpc) is 3.31. The molecule has 4 rings (SSSR count). The smallest absolute Gasteiger partial charge is 0.264 e. The van der Waals surface area contributed by atoms with Gasteiger partial charge in [-0.05, 0) is 42.3 Å². The number of thiazole rings is 1. The van der Waals surface area contributed by atoms with Gasteiger partial charge in [-0.25, -0.2) is 13.4 Å². The van der Waals surface area contributed by atoms with Gasteiger partial charge in [0.15, 0.2) is 5.13 Å². The molecule has 0 spiro atoms. The predicted molar refractivity (Wildman–Crippen MR) is 101 cm³/mol. The summed E-state index contributed by atoms with van der Waals surface area (Å²) in [5.74, 6) is -0.324. The topological polar surface area (TPSA) is 79.4 Å². The van der Waals surface area contributed by atoms with Gasteiger partial charge in [-0.15, -0.1) is 11.3 Å². The molecule has 1 N–H and O–H groups in total. The van der Waals surface area contributed by atoms with Crippen LogP contribution in [0, 0.1) is 0 Å². The van der Waals surface area contributed by atoms with Crippen LogP contribution in [-0.2, 0) is 16.4 Å². The second kappa shape index (κ2) is 6.54. The fraction of sp³-hybridized carbons (Fsp3) is 0.111. The Morgan fingerprint density at radius 2 is 1.88 bits per heavy atom. The second-order valence-corrected chi connectivity index (χ2v) is 8.53. The third kappa shape index (κ3) is 2.97. The lowest BCUT2D eigenvalue weighted by molar-refractivity contribution is 0.102. The summed E-state index contributed by atoms with van der Waals surface area (Å²) < 4.78 is 27.3. The summed E-state index contributed by atoms with van der Waals surface area (Å²) in [5, 5.41) is 4.94. The average molecular weight is 385 g/mol. The zero-order chi connectivity index (χ0) is 18.1. The van der Waals surface area contributed by atoms with Crippen LogP contribution >= 0.6 is 11.3 Å². The first-order valence-electron chi connectivity index (χ1n) is 7.97. The van der Waals surface area contributed by atoms with Crippen molar-refractivity contribution in [1.29, 1.82) is 0 Å². The predicted octanol–water partition coefficient (Wildman–Crippen LogP) is 3.15. The molecule has 132 valence electrons. The molecule has 0 aliphatic carbocycles. The fourth-order valence-electron chi connectivity index (χ4n) is 2.92. The number of hydrogen-bond acceptors (Lipinski definition) is 5. The third-order valence-corrected chi connectivity index (χ3v) is 6.72. The van der Waals surface area contributed by atoms with Crippen molar-refractivity contribution in [3.05, 3.63) is 71.2 Å². The Hall–Kier alpha value is -2.71. The van der Waals surface area contributed by atoms with E-state index in [1.54, 1.807) is 11.6 Å². The van der Waals surface area contributed by atoms with Gasteiger partial charge in [0.2, 0.25) is 0 Å². The number of sulfonamides is 1. The Balaban J connectivity index is 1.58. The Morgan fingerprint density at radius 3 is 2.62 bits per heavy atom. The van der Waals surface area contributed by atoms with Crippen LogP contribution < -0.4 is 9.62 Å². The van der Waals surface area contributed by atoms with E-state index in [9.17, 15) is 13.2 Å². The Kier molecular flexibility index (Phi) is 4.21. The summed E-state index contributed by atoms with van der Waals surface area (Å²) in [6.45, 7) is 0.425. The first-order valence-corrected chi connectivity index (χ1v) is 10.3. The number of carbonyl (C=O) groups is 1. The normalized spacial score (nSPS) is 13.5. The lowest BCUT2D eigenvalue weighted by Crippen LogP contribution is -2.29. The highest BCUT2D eigenvalue weighted by atomic mass is 32.2. The van der Waals surface area contributed by atoms with Crippen molar-refractivity contribution in [3.8, 4) is 0 Å². The van der Waals surface area contributed by atoms with Gasteiger partial charge in [0.1, 0.15) is 0 Å². The van der Waals surface area contributed by atoms with Crippen LogP contribution in [0.5, 0.6) is 0 Å². The first-order chi connectivity index (χ1) is 12.6. The molecule has 2 aromatic carbocycles. The molecule has 0 atom stereocenters. The number of fused-ring (bicyclic) bond motifs is 1. The maximum absolute atomic E-state index is 13.0. The van der Waals surface area contributed by atoms with E-state index in [1.165, 1.54) is 39.9 Å². The number of amides is 1. The molecule has 8 heteroatoms. The Morgan fingerprint density at radius 1 is 1.12 bits per heavy atom. The van der Waals surface area contributed by atoms with E-state index in [0.717, 1.165) is 11.3 Å². The largest absolute Gasteiger partial charge is 0.298 e. The summed E-state index contributed by atoms with van der Waals surface area (Å²) in [4.78, 5) is 16.4. The quantitative estimate of drug-likeness (QED) is 0.748. The van der Waals surface area contributed by atoms with Gasteiger partial charge in [-0.2, -0.15) is 0 Å². The van der Waals surface area contributed by atoms with Crippen molar-refractivity contribution in [2.75, 3.05) is 16.2 Å². The van der Waals surface area contributed by atoms with Crippen LogP contribution in [0.2, 0.25) is 0 Å². The van der Waals surface area contributed by atoms with Gasteiger partial charge >= 0.3 is 0 Å². The van der Waals surface area contributed by atoms with E-state index in [-0.39, 0.29) is 10.8 Å². The second-order valence-electron chi connectivity index (χ2n) is 5.77. The number of carbonyl (C=O) groups excluding carboxylic acids is 1. The summed E-state index contributed by atoms with van der Waals surface area (Å²) in [7, 11) is -3.65. The zero-order valence-electron chi connectivity index (χ0n) is 13.6. The number of hydrogen-bond donors (Lipinski definition) is 1. The van der Waals surface area contributed by atoms with Crippen molar-refractivity contribution in [3.63, 3.8) is 0 Å². The summed E-state index contributed by atoms with van der Waals surface area (Å²) in [5.41, 5.74) is 2.12. The van der Waals surface area contributed by atoms with Crippen LogP contribution in [0.25, 0.3) is 0 Å². The molecule has 0 radical (unpaired) electrons. The van der Waals surface area contributed by atoms with Gasteiger partial charge < -0.3 is 0 Å².